The van der Waals surface area contributed by atoms with Gasteiger partial charge in [-0.3, -0.25) is 0 Å². The molecule has 3 rings (SSSR count). The zero-order chi connectivity index (χ0) is 16.9. The van der Waals surface area contributed by atoms with E-state index in [2.05, 4.69) is 15.6 Å². The minimum atomic E-state index is -0.381. The zero-order valence-corrected chi connectivity index (χ0v) is 14.2. The summed E-state index contributed by atoms with van der Waals surface area (Å²) < 4.78 is 12.5. The van der Waals surface area contributed by atoms with E-state index in [4.69, 9.17) is 9.15 Å². The predicted octanol–water partition coefficient (Wildman–Crippen LogP) is 3.10. The third kappa shape index (κ3) is 4.37. The van der Waals surface area contributed by atoms with Gasteiger partial charge in [-0.05, 0) is 38.3 Å². The molecule has 1 saturated carbocycles. The number of aryl methyl sites for hydroxylation is 2. The zero-order valence-electron chi connectivity index (χ0n) is 14.2. The Hall–Kier alpha value is -2.31. The van der Waals surface area contributed by atoms with E-state index in [1.165, 1.54) is 19.3 Å². The lowest BCUT2D eigenvalue weighted by atomic mass is 9.96. The van der Waals surface area contributed by atoms with E-state index in [-0.39, 0.29) is 18.7 Å². The molecule has 0 unspecified atom stereocenters. The van der Waals surface area contributed by atoms with Gasteiger partial charge in [0.2, 0.25) is 0 Å². The molecule has 1 amide bonds. The van der Waals surface area contributed by atoms with Gasteiger partial charge in [0, 0.05) is 6.04 Å². The second-order valence-electron chi connectivity index (χ2n) is 6.41. The highest BCUT2D eigenvalue weighted by Gasteiger charge is 2.16. The summed E-state index contributed by atoms with van der Waals surface area (Å²) in [6.07, 6.45) is 7.05. The van der Waals surface area contributed by atoms with Gasteiger partial charge in [0.1, 0.15) is 30.4 Å². The summed E-state index contributed by atoms with van der Waals surface area (Å²) >= 11 is 0. The van der Waals surface area contributed by atoms with Crippen molar-refractivity contribution in [2.45, 2.75) is 65.1 Å². The van der Waals surface area contributed by atoms with Gasteiger partial charge in [-0.25, -0.2) is 9.48 Å². The molecule has 2 aromatic rings. The number of aromatic nitrogens is 3. The van der Waals surface area contributed by atoms with Crippen LogP contribution in [0.3, 0.4) is 0 Å². The Morgan fingerprint density at radius 1 is 1.38 bits per heavy atom. The quantitative estimate of drug-likeness (QED) is 0.910. The third-order valence-electron chi connectivity index (χ3n) is 4.40. The van der Waals surface area contributed by atoms with Crippen LogP contribution in [0.15, 0.2) is 16.7 Å². The first-order valence-electron chi connectivity index (χ1n) is 8.48. The number of nitrogens with one attached hydrogen (secondary N) is 1. The predicted molar refractivity (Wildman–Crippen MR) is 87.5 cm³/mol. The maximum atomic E-state index is 11.8. The average Bonchev–Trinajstić information content (AvgIpc) is 3.13. The van der Waals surface area contributed by atoms with Crippen LogP contribution < -0.4 is 5.32 Å². The van der Waals surface area contributed by atoms with Crippen molar-refractivity contribution in [3.05, 3.63) is 35.0 Å². The lowest BCUT2D eigenvalue weighted by molar-refractivity contribution is 0.131. The van der Waals surface area contributed by atoms with Crippen LogP contribution in [0.4, 0.5) is 4.79 Å². The van der Waals surface area contributed by atoms with Crippen LogP contribution in [-0.4, -0.2) is 27.1 Å². The van der Waals surface area contributed by atoms with Gasteiger partial charge in [0.05, 0.1) is 6.20 Å². The maximum absolute atomic E-state index is 11.8. The van der Waals surface area contributed by atoms with Crippen molar-refractivity contribution in [3.8, 4) is 0 Å². The van der Waals surface area contributed by atoms with Crippen LogP contribution in [0.25, 0.3) is 0 Å². The second-order valence-corrected chi connectivity index (χ2v) is 6.41. The van der Waals surface area contributed by atoms with Crippen molar-refractivity contribution >= 4 is 6.09 Å². The Labute approximate surface area is 141 Å². The molecule has 0 atom stereocenters. The summed E-state index contributed by atoms with van der Waals surface area (Å²) in [6.45, 7) is 4.57. The SMILES string of the molecule is Cc1cc(Cn2cc(COC(=O)NC3CCCCC3)nn2)oc1C. The van der Waals surface area contributed by atoms with Crippen molar-refractivity contribution in [2.75, 3.05) is 0 Å². The number of furan rings is 1. The minimum absolute atomic E-state index is 0.120. The highest BCUT2D eigenvalue weighted by atomic mass is 16.5. The molecular formula is C17H24N4O3. The molecule has 0 bridgehead atoms. The number of carbonyl (C=O) groups excluding carboxylic acids is 1. The number of nitrogens with zero attached hydrogens (tertiary/aromatic N) is 3. The van der Waals surface area contributed by atoms with Gasteiger partial charge in [0.15, 0.2) is 0 Å². The summed E-state index contributed by atoms with van der Waals surface area (Å²) in [7, 11) is 0. The standard InChI is InChI=1S/C17H24N4O3/c1-12-8-16(24-13(12)2)10-21-9-15(19-20-21)11-23-17(22)18-14-6-4-3-5-7-14/h8-9,14H,3-7,10-11H2,1-2H3,(H,18,22). The molecule has 0 aliphatic heterocycles. The van der Waals surface area contributed by atoms with Gasteiger partial charge in [0.25, 0.3) is 0 Å². The fourth-order valence-corrected chi connectivity index (χ4v) is 2.96. The van der Waals surface area contributed by atoms with Crippen LogP contribution in [-0.2, 0) is 17.9 Å². The molecule has 24 heavy (non-hydrogen) atoms. The summed E-state index contributed by atoms with van der Waals surface area (Å²) in [6, 6.07) is 2.23. The van der Waals surface area contributed by atoms with E-state index in [9.17, 15) is 4.79 Å². The summed E-state index contributed by atoms with van der Waals surface area (Å²) in [5.74, 6) is 1.74. The Balaban J connectivity index is 1.46. The fourth-order valence-electron chi connectivity index (χ4n) is 2.96. The number of rotatable bonds is 5. The number of amides is 1. The number of hydrogen-bond donors (Lipinski definition) is 1. The molecular weight excluding hydrogens is 308 g/mol. The molecule has 1 N–H and O–H groups in total. The fraction of sp³-hybridized carbons (Fsp3) is 0.588. The van der Waals surface area contributed by atoms with E-state index in [1.807, 2.05) is 19.9 Å². The first kappa shape index (κ1) is 16.5. The first-order valence-corrected chi connectivity index (χ1v) is 8.48. The van der Waals surface area contributed by atoms with Crippen LogP contribution in [0.2, 0.25) is 0 Å². The summed E-state index contributed by atoms with van der Waals surface area (Å²) in [4.78, 5) is 11.8. The number of hydrogen-bond acceptors (Lipinski definition) is 5. The van der Waals surface area contributed by atoms with Crippen LogP contribution in [0, 0.1) is 13.8 Å². The number of alkyl carbamates (subject to hydrolysis) is 1. The van der Waals surface area contributed by atoms with Crippen molar-refractivity contribution in [2.24, 2.45) is 0 Å². The van der Waals surface area contributed by atoms with Crippen LogP contribution in [0.5, 0.6) is 0 Å². The van der Waals surface area contributed by atoms with Gasteiger partial charge in [-0.2, -0.15) is 0 Å². The van der Waals surface area contributed by atoms with Gasteiger partial charge < -0.3 is 14.5 Å². The largest absolute Gasteiger partial charge is 0.464 e. The average molecular weight is 332 g/mol. The smallest absolute Gasteiger partial charge is 0.407 e. The Kier molecular flexibility index (Phi) is 5.17. The van der Waals surface area contributed by atoms with Gasteiger partial charge in [-0.1, -0.05) is 24.5 Å². The summed E-state index contributed by atoms with van der Waals surface area (Å²) in [5.41, 5.74) is 1.74. The Morgan fingerprint density at radius 2 is 2.17 bits per heavy atom. The molecule has 0 spiro atoms. The van der Waals surface area contributed by atoms with E-state index in [1.54, 1.807) is 10.9 Å². The van der Waals surface area contributed by atoms with Crippen molar-refractivity contribution in [1.82, 2.24) is 20.3 Å². The topological polar surface area (TPSA) is 82.2 Å². The Bertz CT molecular complexity index is 666. The molecule has 7 nitrogen and oxygen atoms in total. The lowest BCUT2D eigenvalue weighted by Gasteiger charge is -2.22. The second kappa shape index (κ2) is 7.51. The molecule has 2 aromatic heterocycles. The monoisotopic (exact) mass is 332 g/mol. The van der Waals surface area contributed by atoms with Crippen molar-refractivity contribution in [1.29, 1.82) is 0 Å². The molecule has 1 fully saturated rings. The summed E-state index contributed by atoms with van der Waals surface area (Å²) in [5, 5.41) is 11.0. The van der Waals surface area contributed by atoms with Gasteiger partial charge in [-0.15, -0.1) is 5.10 Å². The normalized spacial score (nSPS) is 15.4. The highest BCUT2D eigenvalue weighted by Crippen LogP contribution is 2.17. The molecule has 0 saturated heterocycles. The molecule has 0 aromatic carbocycles. The van der Waals surface area contributed by atoms with Crippen LogP contribution in [0.1, 0.15) is 54.9 Å². The number of carbonyl (C=O) groups is 1. The van der Waals surface area contributed by atoms with Crippen molar-refractivity contribution < 1.29 is 13.9 Å². The van der Waals surface area contributed by atoms with E-state index < -0.39 is 0 Å². The van der Waals surface area contributed by atoms with Crippen molar-refractivity contribution in [3.63, 3.8) is 0 Å². The molecule has 1 aliphatic rings. The van der Waals surface area contributed by atoms with E-state index in [0.717, 1.165) is 29.9 Å². The Morgan fingerprint density at radius 3 is 2.88 bits per heavy atom. The van der Waals surface area contributed by atoms with E-state index in [0.29, 0.717) is 12.2 Å². The van der Waals surface area contributed by atoms with E-state index >= 15 is 0 Å². The molecule has 7 heteroatoms. The minimum Gasteiger partial charge on any atom is -0.464 e. The maximum Gasteiger partial charge on any atom is 0.407 e. The first-order chi connectivity index (χ1) is 11.6. The molecule has 0 radical (unpaired) electrons. The third-order valence-corrected chi connectivity index (χ3v) is 4.40. The lowest BCUT2D eigenvalue weighted by Crippen LogP contribution is -2.36. The molecule has 2 heterocycles. The number of ether oxygens (including phenoxy) is 1. The molecule has 1 aliphatic carbocycles. The molecule has 130 valence electrons. The van der Waals surface area contributed by atoms with Crippen LogP contribution >= 0.6 is 0 Å². The van der Waals surface area contributed by atoms with Gasteiger partial charge >= 0.3 is 6.09 Å². The highest BCUT2D eigenvalue weighted by molar-refractivity contribution is 5.67.